The summed E-state index contributed by atoms with van der Waals surface area (Å²) in [6.07, 6.45) is 0.748. The third-order valence-electron chi connectivity index (χ3n) is 2.78. The Morgan fingerprint density at radius 3 is 2.68 bits per heavy atom. The first-order chi connectivity index (χ1) is 8.91. The largest absolute Gasteiger partial charge is 0.243 e. The Labute approximate surface area is 130 Å². The first-order valence-corrected chi connectivity index (χ1v) is 9.59. The number of hydrogen-bond acceptors (Lipinski definition) is 4. The Morgan fingerprint density at radius 1 is 1.42 bits per heavy atom. The van der Waals surface area contributed by atoms with E-state index in [0.29, 0.717) is 11.4 Å². The Balaban J connectivity index is 2.13. The number of nitrogens with zero attached hydrogens (tertiary/aromatic N) is 1. The van der Waals surface area contributed by atoms with E-state index in [9.17, 15) is 8.42 Å². The Bertz CT molecular complexity index is 647. The van der Waals surface area contributed by atoms with Gasteiger partial charge in [-0.2, -0.15) is 0 Å². The number of halogens is 1. The van der Waals surface area contributed by atoms with Gasteiger partial charge in [0.2, 0.25) is 10.0 Å². The number of sulfonamides is 1. The van der Waals surface area contributed by atoms with Crippen LogP contribution >= 0.6 is 38.6 Å². The van der Waals surface area contributed by atoms with Gasteiger partial charge in [0, 0.05) is 23.3 Å². The van der Waals surface area contributed by atoms with Crippen LogP contribution in [0, 0.1) is 6.92 Å². The Morgan fingerprint density at radius 2 is 2.16 bits per heavy atom. The third-order valence-corrected chi connectivity index (χ3v) is 7.39. The van der Waals surface area contributed by atoms with Crippen LogP contribution in [-0.4, -0.2) is 26.3 Å². The molecule has 0 atom stereocenters. The molecule has 3 nitrogen and oxygen atoms in total. The molecule has 0 radical (unpaired) electrons. The first kappa shape index (κ1) is 15.2. The fourth-order valence-corrected chi connectivity index (χ4v) is 5.95. The molecular formula is C12H14BrNO2S3. The van der Waals surface area contributed by atoms with Crippen molar-refractivity contribution in [2.24, 2.45) is 0 Å². The van der Waals surface area contributed by atoms with Crippen molar-refractivity contribution in [3.05, 3.63) is 37.1 Å². The van der Waals surface area contributed by atoms with Gasteiger partial charge in [-0.15, -0.1) is 22.7 Å². The Kier molecular flexibility index (Phi) is 4.84. The molecule has 2 aromatic rings. The maximum absolute atomic E-state index is 12.4. The highest BCUT2D eigenvalue weighted by Crippen LogP contribution is 2.31. The van der Waals surface area contributed by atoms with Crippen molar-refractivity contribution in [3.8, 4) is 0 Å². The highest BCUT2D eigenvalue weighted by molar-refractivity contribution is 9.11. The van der Waals surface area contributed by atoms with E-state index in [0.717, 1.165) is 15.1 Å². The first-order valence-electron chi connectivity index (χ1n) is 5.66. The van der Waals surface area contributed by atoms with Crippen LogP contribution in [0.15, 0.2) is 32.3 Å². The van der Waals surface area contributed by atoms with E-state index in [1.807, 2.05) is 24.4 Å². The fraction of sp³-hybridized carbons (Fsp3) is 0.333. The lowest BCUT2D eigenvalue weighted by Crippen LogP contribution is -2.29. The molecule has 0 unspecified atom stereocenters. The summed E-state index contributed by atoms with van der Waals surface area (Å²) >= 11 is 6.43. The summed E-state index contributed by atoms with van der Waals surface area (Å²) in [6, 6.07) is 5.68. The lowest BCUT2D eigenvalue weighted by Gasteiger charge is -2.16. The molecule has 7 heteroatoms. The van der Waals surface area contributed by atoms with Crippen molar-refractivity contribution in [2.75, 3.05) is 13.6 Å². The normalized spacial score (nSPS) is 12.2. The highest BCUT2D eigenvalue weighted by Gasteiger charge is 2.24. The van der Waals surface area contributed by atoms with E-state index in [-0.39, 0.29) is 0 Å². The topological polar surface area (TPSA) is 37.4 Å². The van der Waals surface area contributed by atoms with Gasteiger partial charge in [0.1, 0.15) is 0 Å². The predicted octanol–water partition coefficient (Wildman–Crippen LogP) is 3.74. The lowest BCUT2D eigenvalue weighted by atomic mass is 10.3. The van der Waals surface area contributed by atoms with Crippen LogP contribution in [0.5, 0.6) is 0 Å². The van der Waals surface area contributed by atoms with Crippen molar-refractivity contribution >= 4 is 48.6 Å². The van der Waals surface area contributed by atoms with Gasteiger partial charge in [-0.3, -0.25) is 0 Å². The van der Waals surface area contributed by atoms with Gasteiger partial charge >= 0.3 is 0 Å². The van der Waals surface area contributed by atoms with Crippen LogP contribution in [0.1, 0.15) is 9.75 Å². The third kappa shape index (κ3) is 3.46. The summed E-state index contributed by atoms with van der Waals surface area (Å²) in [4.78, 5) is 2.41. The molecule has 0 amide bonds. The molecule has 0 aromatic carbocycles. The molecule has 0 fully saturated rings. The molecule has 2 rings (SSSR count). The lowest BCUT2D eigenvalue weighted by molar-refractivity contribution is 0.473. The molecule has 0 aliphatic rings. The monoisotopic (exact) mass is 379 g/mol. The predicted molar refractivity (Wildman–Crippen MR) is 84.6 cm³/mol. The Hall–Kier alpha value is -0.210. The van der Waals surface area contributed by atoms with Gasteiger partial charge in [0.15, 0.2) is 0 Å². The van der Waals surface area contributed by atoms with Crippen LogP contribution in [0.25, 0.3) is 0 Å². The molecule has 0 saturated heterocycles. The van der Waals surface area contributed by atoms with Crippen LogP contribution < -0.4 is 0 Å². The molecule has 0 spiro atoms. The molecule has 2 aromatic heterocycles. The fourth-order valence-electron chi connectivity index (χ4n) is 1.70. The number of likely N-dealkylation sites (N-methyl/N-ethyl adjacent to an activating group) is 1. The van der Waals surface area contributed by atoms with Crippen LogP contribution in [-0.2, 0) is 16.4 Å². The highest BCUT2D eigenvalue weighted by atomic mass is 79.9. The summed E-state index contributed by atoms with van der Waals surface area (Å²) < 4.78 is 27.1. The van der Waals surface area contributed by atoms with E-state index in [4.69, 9.17) is 0 Å². The second kappa shape index (κ2) is 6.05. The molecule has 0 N–H and O–H groups in total. The van der Waals surface area contributed by atoms with Gasteiger partial charge in [0.05, 0.1) is 8.68 Å². The SMILES string of the molecule is Cc1sc(Br)cc1S(=O)(=O)N(C)CCc1cccs1. The number of rotatable bonds is 5. The summed E-state index contributed by atoms with van der Waals surface area (Å²) in [5, 5.41) is 2.00. The zero-order chi connectivity index (χ0) is 14.0. The van der Waals surface area contributed by atoms with E-state index in [1.165, 1.54) is 20.5 Å². The molecule has 19 heavy (non-hydrogen) atoms. The molecular weight excluding hydrogens is 366 g/mol. The van der Waals surface area contributed by atoms with E-state index in [1.54, 1.807) is 24.5 Å². The maximum Gasteiger partial charge on any atom is 0.243 e. The van der Waals surface area contributed by atoms with Crippen LogP contribution in [0.4, 0.5) is 0 Å². The molecule has 0 aliphatic heterocycles. The van der Waals surface area contributed by atoms with E-state index in [2.05, 4.69) is 15.9 Å². The van der Waals surface area contributed by atoms with Crippen LogP contribution in [0.2, 0.25) is 0 Å². The van der Waals surface area contributed by atoms with Crippen molar-refractivity contribution in [3.63, 3.8) is 0 Å². The van der Waals surface area contributed by atoms with Gasteiger partial charge in [-0.1, -0.05) is 6.07 Å². The van der Waals surface area contributed by atoms with Crippen molar-refractivity contribution in [1.29, 1.82) is 0 Å². The zero-order valence-corrected chi connectivity index (χ0v) is 14.6. The maximum atomic E-state index is 12.4. The van der Waals surface area contributed by atoms with Gasteiger partial charge in [-0.25, -0.2) is 12.7 Å². The molecule has 0 aliphatic carbocycles. The van der Waals surface area contributed by atoms with Crippen molar-refractivity contribution in [2.45, 2.75) is 18.2 Å². The van der Waals surface area contributed by atoms with Crippen molar-refractivity contribution < 1.29 is 8.42 Å². The molecule has 0 saturated carbocycles. The minimum Gasteiger partial charge on any atom is -0.207 e. The summed E-state index contributed by atoms with van der Waals surface area (Å²) in [5.41, 5.74) is 0. The summed E-state index contributed by atoms with van der Waals surface area (Å²) in [7, 11) is -1.75. The minimum absolute atomic E-state index is 0.401. The standard InChI is InChI=1S/C12H14BrNO2S3/c1-9-11(8-12(13)18-9)19(15,16)14(2)6-5-10-4-3-7-17-10/h3-4,7-8H,5-6H2,1-2H3. The number of aryl methyl sites for hydroxylation is 1. The van der Waals surface area contributed by atoms with Gasteiger partial charge in [0.25, 0.3) is 0 Å². The quantitative estimate of drug-likeness (QED) is 0.793. The van der Waals surface area contributed by atoms with Gasteiger partial charge in [-0.05, 0) is 46.8 Å². The molecule has 2 heterocycles. The molecule has 104 valence electrons. The van der Waals surface area contributed by atoms with E-state index < -0.39 is 10.0 Å². The average molecular weight is 380 g/mol. The minimum atomic E-state index is -3.38. The van der Waals surface area contributed by atoms with Gasteiger partial charge < -0.3 is 0 Å². The summed E-state index contributed by atoms with van der Waals surface area (Å²) in [5.74, 6) is 0. The number of hydrogen-bond donors (Lipinski definition) is 0. The smallest absolute Gasteiger partial charge is 0.207 e. The van der Waals surface area contributed by atoms with Crippen molar-refractivity contribution in [1.82, 2.24) is 4.31 Å². The summed E-state index contributed by atoms with van der Waals surface area (Å²) in [6.45, 7) is 2.32. The second-order valence-electron chi connectivity index (χ2n) is 4.13. The zero-order valence-electron chi connectivity index (χ0n) is 10.6. The second-order valence-corrected chi connectivity index (χ2v) is 9.81. The average Bonchev–Trinajstić information content (AvgIpc) is 2.95. The van der Waals surface area contributed by atoms with E-state index >= 15 is 0 Å². The number of thiophene rings is 2. The van der Waals surface area contributed by atoms with Crippen LogP contribution in [0.3, 0.4) is 0 Å². The molecule has 0 bridgehead atoms.